The largest absolute Gasteiger partial charge is 0.469 e. The maximum Gasteiger partial charge on any atom is 0.410 e. The first-order chi connectivity index (χ1) is 10.8. The van der Waals surface area contributed by atoms with Crippen LogP contribution in [0.5, 0.6) is 0 Å². The lowest BCUT2D eigenvalue weighted by atomic mass is 10.1. The van der Waals surface area contributed by atoms with E-state index in [4.69, 9.17) is 8.92 Å². The van der Waals surface area contributed by atoms with Gasteiger partial charge >= 0.3 is 12.1 Å². The van der Waals surface area contributed by atoms with Crippen molar-refractivity contribution in [2.45, 2.75) is 57.5 Å². The van der Waals surface area contributed by atoms with Crippen LogP contribution in [0.2, 0.25) is 0 Å². The molecule has 0 bridgehead atoms. The maximum absolute atomic E-state index is 12.3. The van der Waals surface area contributed by atoms with Crippen LogP contribution in [0.4, 0.5) is 4.79 Å². The van der Waals surface area contributed by atoms with Gasteiger partial charge in [0, 0.05) is 0 Å². The number of methoxy groups -OCH3 is 1. The summed E-state index contributed by atoms with van der Waals surface area (Å²) in [5, 5.41) is 10.2. The van der Waals surface area contributed by atoms with E-state index in [9.17, 15) is 23.1 Å². The Bertz CT molecular complexity index is 568. The lowest BCUT2D eigenvalue weighted by Gasteiger charge is -2.30. The highest BCUT2D eigenvalue weighted by atomic mass is 32.2. The number of ether oxygens (including phenoxy) is 2. The number of likely N-dealkylation sites (tertiary alicyclic amines) is 1. The number of amides is 1. The van der Waals surface area contributed by atoms with Gasteiger partial charge in [-0.15, -0.1) is 0 Å². The number of rotatable bonds is 5. The molecule has 1 heterocycles. The first kappa shape index (κ1) is 20.7. The summed E-state index contributed by atoms with van der Waals surface area (Å²) >= 11 is 0. The number of esters is 1. The zero-order valence-electron chi connectivity index (χ0n) is 14.5. The van der Waals surface area contributed by atoms with Crippen LogP contribution in [-0.4, -0.2) is 74.2 Å². The number of aliphatic hydroxyl groups excluding tert-OH is 1. The summed E-state index contributed by atoms with van der Waals surface area (Å²) in [5.74, 6) is -0.640. The van der Waals surface area contributed by atoms with Gasteiger partial charge in [0.1, 0.15) is 5.60 Å². The topological polar surface area (TPSA) is 119 Å². The smallest absolute Gasteiger partial charge is 0.410 e. The summed E-state index contributed by atoms with van der Waals surface area (Å²) in [7, 11) is -2.54. The molecule has 0 saturated carbocycles. The fourth-order valence-corrected chi connectivity index (χ4v) is 3.06. The molecular formula is C14H25NO8S. The second kappa shape index (κ2) is 7.66. The number of hydrogen-bond acceptors (Lipinski definition) is 8. The molecule has 0 aliphatic carbocycles. The van der Waals surface area contributed by atoms with E-state index in [2.05, 4.69) is 4.74 Å². The lowest BCUT2D eigenvalue weighted by Crippen LogP contribution is -2.45. The number of nitrogens with zero attached hydrogens (tertiary/aromatic N) is 1. The Labute approximate surface area is 142 Å². The van der Waals surface area contributed by atoms with Crippen molar-refractivity contribution in [1.82, 2.24) is 4.90 Å². The van der Waals surface area contributed by atoms with Crippen molar-refractivity contribution in [3.8, 4) is 0 Å². The summed E-state index contributed by atoms with van der Waals surface area (Å²) in [4.78, 5) is 24.9. The molecule has 0 spiro atoms. The Hall–Kier alpha value is -1.39. The molecule has 3 atom stereocenters. The Kier molecular flexibility index (Phi) is 6.59. The highest BCUT2D eigenvalue weighted by molar-refractivity contribution is 7.86. The zero-order chi connectivity index (χ0) is 18.7. The first-order valence-electron chi connectivity index (χ1n) is 7.45. The van der Waals surface area contributed by atoms with Crippen LogP contribution in [0.3, 0.4) is 0 Å². The lowest BCUT2D eigenvalue weighted by molar-refractivity contribution is -0.143. The molecule has 0 aromatic heterocycles. The summed E-state index contributed by atoms with van der Waals surface area (Å²) in [6.07, 6.45) is -2.11. The second-order valence-corrected chi connectivity index (χ2v) is 8.31. The van der Waals surface area contributed by atoms with Crippen molar-refractivity contribution in [3.63, 3.8) is 0 Å². The third kappa shape index (κ3) is 6.62. The Morgan fingerprint density at radius 3 is 2.38 bits per heavy atom. The van der Waals surface area contributed by atoms with Crippen molar-refractivity contribution in [2.75, 3.05) is 19.9 Å². The highest BCUT2D eigenvalue weighted by Gasteiger charge is 2.43. The quantitative estimate of drug-likeness (QED) is 0.543. The molecule has 1 N–H and O–H groups in total. The molecule has 1 aliphatic rings. The number of carbonyl (C=O) groups is 2. The normalized spacial score (nSPS) is 23.0. The van der Waals surface area contributed by atoms with Crippen LogP contribution in [0, 0.1) is 0 Å². The van der Waals surface area contributed by atoms with E-state index in [-0.39, 0.29) is 19.4 Å². The van der Waals surface area contributed by atoms with Crippen LogP contribution in [0.25, 0.3) is 0 Å². The fraction of sp³-hybridized carbons (Fsp3) is 0.857. The van der Waals surface area contributed by atoms with Crippen molar-refractivity contribution >= 4 is 22.2 Å². The van der Waals surface area contributed by atoms with Gasteiger partial charge < -0.3 is 14.6 Å². The number of hydrogen-bond donors (Lipinski definition) is 1. The van der Waals surface area contributed by atoms with Crippen LogP contribution >= 0.6 is 0 Å². The van der Waals surface area contributed by atoms with Gasteiger partial charge in [0.2, 0.25) is 0 Å². The minimum Gasteiger partial charge on any atom is -0.469 e. The number of aliphatic hydroxyl groups is 1. The van der Waals surface area contributed by atoms with Crippen molar-refractivity contribution in [1.29, 1.82) is 0 Å². The second-order valence-electron chi connectivity index (χ2n) is 6.71. The summed E-state index contributed by atoms with van der Waals surface area (Å²) < 4.78 is 37.3. The van der Waals surface area contributed by atoms with Crippen LogP contribution in [-0.2, 0) is 28.6 Å². The summed E-state index contributed by atoms with van der Waals surface area (Å²) in [6, 6.07) is -0.814. The fourth-order valence-electron chi connectivity index (χ4n) is 2.43. The summed E-state index contributed by atoms with van der Waals surface area (Å²) in [6.45, 7) is 4.99. The molecule has 24 heavy (non-hydrogen) atoms. The minimum atomic E-state index is -3.72. The molecule has 0 unspecified atom stereocenters. The van der Waals surface area contributed by atoms with Crippen LogP contribution in [0.1, 0.15) is 33.6 Å². The van der Waals surface area contributed by atoms with Crippen LogP contribution < -0.4 is 0 Å². The van der Waals surface area contributed by atoms with Crippen molar-refractivity contribution in [3.05, 3.63) is 0 Å². The standard InChI is InChI=1S/C14H25NO8S/c1-14(2,3)22-13(18)15-8-9(23-24(5,19)20)6-10(15)11(16)7-12(17)21-4/h9-11,16H,6-8H2,1-5H3/t9-,10+,11-/m1/s1. The molecule has 1 saturated heterocycles. The first-order valence-corrected chi connectivity index (χ1v) is 9.27. The Morgan fingerprint density at radius 2 is 1.92 bits per heavy atom. The highest BCUT2D eigenvalue weighted by Crippen LogP contribution is 2.27. The van der Waals surface area contributed by atoms with Crippen molar-refractivity contribution in [2.24, 2.45) is 0 Å². The van der Waals surface area contributed by atoms with E-state index in [1.165, 1.54) is 12.0 Å². The van der Waals surface area contributed by atoms with E-state index in [0.29, 0.717) is 0 Å². The molecular weight excluding hydrogens is 342 g/mol. The molecule has 10 heteroatoms. The van der Waals surface area contributed by atoms with Crippen molar-refractivity contribution < 1.29 is 36.8 Å². The van der Waals surface area contributed by atoms with Crippen LogP contribution in [0.15, 0.2) is 0 Å². The predicted molar refractivity (Wildman–Crippen MR) is 83.7 cm³/mol. The third-order valence-corrected chi connectivity index (χ3v) is 3.91. The molecule has 1 aliphatic heterocycles. The predicted octanol–water partition coefficient (Wildman–Crippen LogP) is 0.265. The third-order valence-electron chi connectivity index (χ3n) is 3.29. The Balaban J connectivity index is 2.92. The molecule has 0 aromatic carbocycles. The van der Waals surface area contributed by atoms with E-state index in [1.54, 1.807) is 20.8 Å². The van der Waals surface area contributed by atoms with E-state index < -0.39 is 46.0 Å². The number of carbonyl (C=O) groups excluding carboxylic acids is 2. The Morgan fingerprint density at radius 1 is 1.33 bits per heavy atom. The van der Waals surface area contributed by atoms with Gasteiger partial charge in [0.15, 0.2) is 0 Å². The molecule has 1 fully saturated rings. The van der Waals surface area contributed by atoms with Gasteiger partial charge in [-0.05, 0) is 27.2 Å². The van der Waals surface area contributed by atoms with E-state index >= 15 is 0 Å². The molecule has 9 nitrogen and oxygen atoms in total. The molecule has 1 amide bonds. The van der Waals surface area contributed by atoms with E-state index in [0.717, 1.165) is 6.26 Å². The van der Waals surface area contributed by atoms with E-state index in [1.807, 2.05) is 0 Å². The van der Waals surface area contributed by atoms with Gasteiger partial charge in [-0.3, -0.25) is 13.9 Å². The molecule has 140 valence electrons. The average Bonchev–Trinajstić information content (AvgIpc) is 2.78. The van der Waals surface area contributed by atoms with Gasteiger partial charge in [0.25, 0.3) is 10.1 Å². The van der Waals surface area contributed by atoms with Gasteiger partial charge in [-0.2, -0.15) is 8.42 Å². The molecule has 0 radical (unpaired) electrons. The SMILES string of the molecule is COC(=O)C[C@@H](O)[C@@H]1C[C@@H](OS(C)(=O)=O)CN1C(=O)OC(C)(C)C. The van der Waals surface area contributed by atoms with Gasteiger partial charge in [-0.1, -0.05) is 0 Å². The molecule has 0 aromatic rings. The maximum atomic E-state index is 12.3. The van der Waals surface area contributed by atoms with Gasteiger partial charge in [-0.25, -0.2) is 4.79 Å². The average molecular weight is 367 g/mol. The molecule has 1 rings (SSSR count). The minimum absolute atomic E-state index is 0.0600. The zero-order valence-corrected chi connectivity index (χ0v) is 15.3. The summed E-state index contributed by atoms with van der Waals surface area (Å²) in [5.41, 5.74) is -0.759. The van der Waals surface area contributed by atoms with Gasteiger partial charge in [0.05, 0.1) is 44.6 Å². The monoisotopic (exact) mass is 367 g/mol.